The lowest BCUT2D eigenvalue weighted by atomic mass is 10.2. The SMILES string of the molecule is CN(Cc1ccccc1)S(=O)(=O)c1cc(N)c(F)cc1Cl. The second-order valence-electron chi connectivity index (χ2n) is 4.55. The van der Waals surface area contributed by atoms with Crippen molar-refractivity contribution in [3.05, 3.63) is 58.9 Å². The van der Waals surface area contributed by atoms with Gasteiger partial charge in [-0.05, 0) is 17.7 Å². The Kier molecular flexibility index (Phi) is 4.51. The Bertz CT molecular complexity index is 751. The fourth-order valence-corrected chi connectivity index (χ4v) is 3.51. The van der Waals surface area contributed by atoms with Crippen molar-refractivity contribution in [1.29, 1.82) is 0 Å². The largest absolute Gasteiger partial charge is 0.396 e. The summed E-state index contributed by atoms with van der Waals surface area (Å²) < 4.78 is 39.4. The minimum absolute atomic E-state index is 0.177. The normalized spacial score (nSPS) is 11.8. The van der Waals surface area contributed by atoms with Crippen molar-refractivity contribution >= 4 is 27.3 Å². The highest BCUT2D eigenvalue weighted by Crippen LogP contribution is 2.28. The summed E-state index contributed by atoms with van der Waals surface area (Å²) >= 11 is 5.83. The number of nitrogens with zero attached hydrogens (tertiary/aromatic N) is 1. The van der Waals surface area contributed by atoms with Crippen LogP contribution < -0.4 is 5.73 Å². The Hall–Kier alpha value is -1.63. The number of halogens is 2. The van der Waals surface area contributed by atoms with Gasteiger partial charge < -0.3 is 5.73 Å². The maximum atomic E-state index is 13.3. The van der Waals surface area contributed by atoms with Crippen molar-refractivity contribution in [2.45, 2.75) is 11.4 Å². The van der Waals surface area contributed by atoms with E-state index in [4.69, 9.17) is 17.3 Å². The maximum absolute atomic E-state index is 13.3. The van der Waals surface area contributed by atoms with E-state index in [9.17, 15) is 12.8 Å². The highest BCUT2D eigenvalue weighted by atomic mass is 35.5. The minimum atomic E-state index is -3.85. The molecule has 0 aromatic heterocycles. The third kappa shape index (κ3) is 3.34. The molecule has 0 saturated carbocycles. The lowest BCUT2D eigenvalue weighted by molar-refractivity contribution is 0.466. The summed E-state index contributed by atoms with van der Waals surface area (Å²) in [5, 5.41) is -0.193. The molecule has 0 heterocycles. The van der Waals surface area contributed by atoms with E-state index in [1.165, 1.54) is 7.05 Å². The van der Waals surface area contributed by atoms with Crippen LogP contribution in [0.2, 0.25) is 5.02 Å². The number of nitrogens with two attached hydrogens (primary N) is 1. The molecule has 4 nitrogen and oxygen atoms in total. The topological polar surface area (TPSA) is 63.4 Å². The summed E-state index contributed by atoms with van der Waals surface area (Å²) in [4.78, 5) is -0.207. The molecule has 0 aliphatic heterocycles. The highest BCUT2D eigenvalue weighted by molar-refractivity contribution is 7.89. The van der Waals surface area contributed by atoms with Gasteiger partial charge in [0.1, 0.15) is 10.7 Å². The van der Waals surface area contributed by atoms with Crippen molar-refractivity contribution in [3.8, 4) is 0 Å². The van der Waals surface area contributed by atoms with E-state index in [2.05, 4.69) is 0 Å². The van der Waals surface area contributed by atoms with Gasteiger partial charge in [0.15, 0.2) is 0 Å². The van der Waals surface area contributed by atoms with Crippen LogP contribution in [0.1, 0.15) is 5.56 Å². The van der Waals surface area contributed by atoms with Gasteiger partial charge in [-0.3, -0.25) is 0 Å². The molecular weight excluding hydrogens is 315 g/mol. The molecule has 112 valence electrons. The average molecular weight is 329 g/mol. The quantitative estimate of drug-likeness (QED) is 0.878. The van der Waals surface area contributed by atoms with Gasteiger partial charge in [0, 0.05) is 13.6 Å². The van der Waals surface area contributed by atoms with Crippen LogP contribution in [0.4, 0.5) is 10.1 Å². The van der Waals surface area contributed by atoms with Gasteiger partial charge >= 0.3 is 0 Å². The summed E-state index contributed by atoms with van der Waals surface area (Å²) in [6, 6.07) is 11.0. The minimum Gasteiger partial charge on any atom is -0.396 e. The van der Waals surface area contributed by atoms with Crippen LogP contribution in [0.5, 0.6) is 0 Å². The first kappa shape index (κ1) is 15.8. The van der Waals surface area contributed by atoms with Gasteiger partial charge in [-0.1, -0.05) is 41.9 Å². The van der Waals surface area contributed by atoms with E-state index >= 15 is 0 Å². The number of nitrogen functional groups attached to an aromatic ring is 1. The number of rotatable bonds is 4. The third-order valence-electron chi connectivity index (χ3n) is 2.99. The molecule has 0 atom stereocenters. The highest BCUT2D eigenvalue weighted by Gasteiger charge is 2.25. The Morgan fingerprint density at radius 2 is 1.86 bits per heavy atom. The molecule has 7 heteroatoms. The van der Waals surface area contributed by atoms with E-state index in [1.54, 1.807) is 0 Å². The Balaban J connectivity index is 2.36. The smallest absolute Gasteiger partial charge is 0.244 e. The van der Waals surface area contributed by atoms with Crippen molar-refractivity contribution in [3.63, 3.8) is 0 Å². The van der Waals surface area contributed by atoms with Crippen molar-refractivity contribution in [2.24, 2.45) is 0 Å². The molecule has 2 aromatic rings. The number of anilines is 1. The lowest BCUT2D eigenvalue weighted by Gasteiger charge is -2.18. The van der Waals surface area contributed by atoms with Crippen molar-refractivity contribution < 1.29 is 12.8 Å². The molecule has 0 aliphatic carbocycles. The fraction of sp³-hybridized carbons (Fsp3) is 0.143. The molecule has 0 bridgehead atoms. The molecule has 0 saturated heterocycles. The van der Waals surface area contributed by atoms with E-state index < -0.39 is 15.8 Å². The zero-order valence-electron chi connectivity index (χ0n) is 11.3. The number of benzene rings is 2. The second kappa shape index (κ2) is 6.01. The van der Waals surface area contributed by atoms with Gasteiger partial charge in [-0.2, -0.15) is 4.31 Å². The maximum Gasteiger partial charge on any atom is 0.244 e. The van der Waals surface area contributed by atoms with Gasteiger partial charge in [0.25, 0.3) is 0 Å². The number of hydrogen-bond acceptors (Lipinski definition) is 3. The third-order valence-corrected chi connectivity index (χ3v) is 5.26. The molecule has 0 fully saturated rings. The van der Waals surface area contributed by atoms with Crippen LogP contribution in [-0.2, 0) is 16.6 Å². The van der Waals surface area contributed by atoms with E-state index in [-0.39, 0.29) is 22.2 Å². The van der Waals surface area contributed by atoms with E-state index in [1.807, 2.05) is 30.3 Å². The number of hydrogen-bond donors (Lipinski definition) is 1. The first-order valence-electron chi connectivity index (χ1n) is 6.07. The van der Waals surface area contributed by atoms with Gasteiger partial charge in [0.2, 0.25) is 10.0 Å². The molecule has 0 unspecified atom stereocenters. The van der Waals surface area contributed by atoms with Crippen LogP contribution in [-0.4, -0.2) is 19.8 Å². The molecule has 21 heavy (non-hydrogen) atoms. The summed E-state index contributed by atoms with van der Waals surface area (Å²) in [5.74, 6) is -0.746. The number of sulfonamides is 1. The first-order chi connectivity index (χ1) is 9.82. The summed E-state index contributed by atoms with van der Waals surface area (Å²) in [6.07, 6.45) is 0. The van der Waals surface area contributed by atoms with Crippen molar-refractivity contribution in [1.82, 2.24) is 4.31 Å². The molecule has 0 radical (unpaired) electrons. The summed E-state index contributed by atoms with van der Waals surface area (Å²) in [6.45, 7) is 0.177. The predicted octanol–water partition coefficient (Wildman–Crippen LogP) is 2.88. The Morgan fingerprint density at radius 3 is 2.48 bits per heavy atom. The first-order valence-corrected chi connectivity index (χ1v) is 7.89. The van der Waals surface area contributed by atoms with Crippen LogP contribution in [0.25, 0.3) is 0 Å². The van der Waals surface area contributed by atoms with E-state index in [0.29, 0.717) is 0 Å². The molecule has 2 N–H and O–H groups in total. The fourth-order valence-electron chi connectivity index (χ4n) is 1.84. The summed E-state index contributed by atoms with van der Waals surface area (Å²) in [7, 11) is -2.42. The van der Waals surface area contributed by atoms with Gasteiger partial charge in [0.05, 0.1) is 10.7 Å². The Labute approximate surface area is 128 Å². The Morgan fingerprint density at radius 1 is 1.24 bits per heavy atom. The molecule has 0 amide bonds. The molecular formula is C14H14ClFN2O2S. The lowest BCUT2D eigenvalue weighted by Crippen LogP contribution is -2.27. The molecule has 0 spiro atoms. The standard InChI is InChI=1S/C14H14ClFN2O2S/c1-18(9-10-5-3-2-4-6-10)21(19,20)14-8-13(17)12(16)7-11(14)15/h2-8H,9,17H2,1H3. The second-order valence-corrected chi connectivity index (χ2v) is 6.97. The van der Waals surface area contributed by atoms with Crippen LogP contribution in [0.15, 0.2) is 47.4 Å². The van der Waals surface area contributed by atoms with Crippen LogP contribution in [0, 0.1) is 5.82 Å². The predicted molar refractivity (Wildman–Crippen MR) is 80.9 cm³/mol. The van der Waals surface area contributed by atoms with Crippen LogP contribution >= 0.6 is 11.6 Å². The van der Waals surface area contributed by atoms with Crippen LogP contribution in [0.3, 0.4) is 0 Å². The van der Waals surface area contributed by atoms with Gasteiger partial charge in [-0.15, -0.1) is 0 Å². The van der Waals surface area contributed by atoms with E-state index in [0.717, 1.165) is 22.0 Å². The summed E-state index contributed by atoms with van der Waals surface area (Å²) in [5.41, 5.74) is 5.99. The van der Waals surface area contributed by atoms with Gasteiger partial charge in [-0.25, -0.2) is 12.8 Å². The monoisotopic (exact) mass is 328 g/mol. The molecule has 2 rings (SSSR count). The molecule has 0 aliphatic rings. The zero-order chi connectivity index (χ0) is 15.6. The molecule has 2 aromatic carbocycles. The zero-order valence-corrected chi connectivity index (χ0v) is 12.8. The van der Waals surface area contributed by atoms with Crippen molar-refractivity contribution in [2.75, 3.05) is 12.8 Å². The average Bonchev–Trinajstić information content (AvgIpc) is 2.43.